The van der Waals surface area contributed by atoms with Gasteiger partial charge in [0.25, 0.3) is 5.91 Å². The summed E-state index contributed by atoms with van der Waals surface area (Å²) in [7, 11) is 0. The molecule has 3 aliphatic rings. The molecular weight excluding hydrogens is 366 g/mol. The van der Waals surface area contributed by atoms with E-state index in [4.69, 9.17) is 4.74 Å². The highest BCUT2D eigenvalue weighted by atomic mass is 16.5. The number of fused-ring (bicyclic) bond motifs is 1. The van der Waals surface area contributed by atoms with E-state index in [0.717, 1.165) is 56.7 Å². The van der Waals surface area contributed by atoms with Gasteiger partial charge in [-0.15, -0.1) is 0 Å². The minimum Gasteiger partial charge on any atom is -0.381 e. The molecule has 1 aliphatic carbocycles. The zero-order valence-electron chi connectivity index (χ0n) is 17.1. The van der Waals surface area contributed by atoms with E-state index in [1.165, 1.54) is 32.1 Å². The maximum atomic E-state index is 12.8. The lowest BCUT2D eigenvalue weighted by atomic mass is 10.0. The number of aromatic nitrogens is 3. The number of hydrogen-bond acceptors (Lipinski definition) is 5. The molecule has 5 rings (SSSR count). The molecule has 0 aromatic carbocycles. The van der Waals surface area contributed by atoms with Crippen LogP contribution >= 0.6 is 0 Å². The van der Waals surface area contributed by atoms with Crippen LogP contribution in [0.1, 0.15) is 61.3 Å². The van der Waals surface area contributed by atoms with E-state index in [0.29, 0.717) is 17.5 Å². The summed E-state index contributed by atoms with van der Waals surface area (Å²) < 4.78 is 7.54. The van der Waals surface area contributed by atoms with Gasteiger partial charge in [0.05, 0.1) is 24.4 Å². The lowest BCUT2D eigenvalue weighted by Gasteiger charge is -2.33. The molecule has 156 valence electrons. The Kier molecular flexibility index (Phi) is 5.50. The Morgan fingerprint density at radius 2 is 1.97 bits per heavy atom. The Morgan fingerprint density at radius 1 is 1.14 bits per heavy atom. The van der Waals surface area contributed by atoms with Crippen molar-refractivity contribution in [2.75, 3.05) is 32.8 Å². The van der Waals surface area contributed by atoms with Gasteiger partial charge < -0.3 is 15.0 Å². The van der Waals surface area contributed by atoms with Crippen LogP contribution in [0.2, 0.25) is 0 Å². The minimum atomic E-state index is -0.0179. The molecule has 1 saturated carbocycles. The van der Waals surface area contributed by atoms with Gasteiger partial charge in [0.1, 0.15) is 0 Å². The second-order valence-corrected chi connectivity index (χ2v) is 8.94. The first-order chi connectivity index (χ1) is 14.3. The van der Waals surface area contributed by atoms with Gasteiger partial charge in [0, 0.05) is 43.9 Å². The van der Waals surface area contributed by atoms with Crippen LogP contribution in [0, 0.1) is 5.92 Å². The Morgan fingerprint density at radius 3 is 2.72 bits per heavy atom. The van der Waals surface area contributed by atoms with Crippen molar-refractivity contribution in [1.29, 1.82) is 0 Å². The third-order valence-electron chi connectivity index (χ3n) is 6.83. The van der Waals surface area contributed by atoms with Gasteiger partial charge in [0.2, 0.25) is 0 Å². The number of hydrogen-bond donors (Lipinski definition) is 1. The number of nitrogens with zero attached hydrogens (tertiary/aromatic N) is 4. The molecule has 4 heterocycles. The SMILES string of the molecule is O=C(NC1CCN(CC2CCOC2)CC1)c1cnc2c(cnn2C2CCCC2)c1. The lowest BCUT2D eigenvalue weighted by Crippen LogP contribution is -2.45. The molecular formula is C22H31N5O2. The average Bonchev–Trinajstić information content (AvgIpc) is 3.50. The second-order valence-electron chi connectivity index (χ2n) is 8.94. The van der Waals surface area contributed by atoms with Crippen LogP contribution in [0.4, 0.5) is 0 Å². The number of likely N-dealkylation sites (tertiary alicyclic amines) is 1. The number of nitrogens with one attached hydrogen (secondary N) is 1. The molecule has 1 unspecified atom stereocenters. The summed E-state index contributed by atoms with van der Waals surface area (Å²) in [4.78, 5) is 19.9. The maximum Gasteiger partial charge on any atom is 0.253 e. The summed E-state index contributed by atoms with van der Waals surface area (Å²) in [6.45, 7) is 5.05. The number of carbonyl (C=O) groups is 1. The van der Waals surface area contributed by atoms with E-state index < -0.39 is 0 Å². The van der Waals surface area contributed by atoms with Crippen LogP contribution in [0.25, 0.3) is 11.0 Å². The quantitative estimate of drug-likeness (QED) is 0.840. The van der Waals surface area contributed by atoms with E-state index in [2.05, 4.69) is 25.0 Å². The highest BCUT2D eigenvalue weighted by molar-refractivity contribution is 5.97. The molecule has 0 radical (unpaired) electrons. The van der Waals surface area contributed by atoms with Crippen molar-refractivity contribution in [3.63, 3.8) is 0 Å². The Balaban J connectivity index is 1.17. The molecule has 0 bridgehead atoms. The Labute approximate surface area is 171 Å². The van der Waals surface area contributed by atoms with Gasteiger partial charge in [-0.1, -0.05) is 12.8 Å². The molecule has 0 spiro atoms. The maximum absolute atomic E-state index is 12.8. The molecule has 2 aromatic rings. The third-order valence-corrected chi connectivity index (χ3v) is 6.83. The van der Waals surface area contributed by atoms with Crippen LogP contribution in [0.15, 0.2) is 18.5 Å². The van der Waals surface area contributed by atoms with Gasteiger partial charge >= 0.3 is 0 Å². The predicted molar refractivity (Wildman–Crippen MR) is 111 cm³/mol. The summed E-state index contributed by atoms with van der Waals surface area (Å²) >= 11 is 0. The first kappa shape index (κ1) is 19.0. The zero-order chi connectivity index (χ0) is 19.6. The van der Waals surface area contributed by atoms with Crippen LogP contribution in [-0.2, 0) is 4.74 Å². The van der Waals surface area contributed by atoms with Crippen molar-refractivity contribution < 1.29 is 9.53 Å². The molecule has 2 aromatic heterocycles. The summed E-state index contributed by atoms with van der Waals surface area (Å²) in [6, 6.07) is 2.64. The molecule has 2 saturated heterocycles. The fourth-order valence-corrected chi connectivity index (χ4v) is 5.10. The topological polar surface area (TPSA) is 72.3 Å². The van der Waals surface area contributed by atoms with Gasteiger partial charge in [-0.2, -0.15) is 5.10 Å². The van der Waals surface area contributed by atoms with Crippen molar-refractivity contribution in [2.24, 2.45) is 5.92 Å². The van der Waals surface area contributed by atoms with Crippen LogP contribution in [0.5, 0.6) is 0 Å². The number of piperidine rings is 1. The van der Waals surface area contributed by atoms with Crippen molar-refractivity contribution in [3.8, 4) is 0 Å². The van der Waals surface area contributed by atoms with E-state index in [1.807, 2.05) is 12.3 Å². The van der Waals surface area contributed by atoms with Crippen molar-refractivity contribution in [3.05, 3.63) is 24.0 Å². The van der Waals surface area contributed by atoms with Crippen molar-refractivity contribution >= 4 is 16.9 Å². The summed E-state index contributed by atoms with van der Waals surface area (Å²) in [5.41, 5.74) is 1.53. The molecule has 1 atom stereocenters. The lowest BCUT2D eigenvalue weighted by molar-refractivity contribution is 0.0903. The highest BCUT2D eigenvalue weighted by Crippen LogP contribution is 2.31. The Bertz CT molecular complexity index is 846. The van der Waals surface area contributed by atoms with E-state index in [-0.39, 0.29) is 11.9 Å². The van der Waals surface area contributed by atoms with Crippen LogP contribution < -0.4 is 5.32 Å². The minimum absolute atomic E-state index is 0.0179. The molecule has 1 N–H and O–H groups in total. The molecule has 7 heteroatoms. The van der Waals surface area contributed by atoms with Gasteiger partial charge in [-0.05, 0) is 44.1 Å². The van der Waals surface area contributed by atoms with Gasteiger partial charge in [-0.3, -0.25) is 4.79 Å². The molecule has 7 nitrogen and oxygen atoms in total. The number of rotatable bonds is 5. The highest BCUT2D eigenvalue weighted by Gasteiger charge is 2.25. The Hall–Kier alpha value is -1.99. The molecule has 1 amide bonds. The summed E-state index contributed by atoms with van der Waals surface area (Å²) in [6.07, 6.45) is 11.6. The number of carbonyl (C=O) groups excluding carboxylic acids is 1. The second kappa shape index (κ2) is 8.40. The standard InChI is InChI=1S/C22H31N5O2/c28-22(25-19-5-8-26(9-6-19)14-16-7-10-29-15-16)18-11-17-13-24-27(21(17)23-12-18)20-3-1-2-4-20/h11-13,16,19-20H,1-10,14-15H2,(H,25,28). The normalized spacial score (nSPS) is 24.5. The average molecular weight is 398 g/mol. The fraction of sp³-hybridized carbons (Fsp3) is 0.682. The summed E-state index contributed by atoms with van der Waals surface area (Å²) in [5.74, 6) is 0.666. The van der Waals surface area contributed by atoms with Crippen molar-refractivity contribution in [1.82, 2.24) is 25.0 Å². The molecule has 29 heavy (non-hydrogen) atoms. The van der Waals surface area contributed by atoms with E-state index in [1.54, 1.807) is 6.20 Å². The van der Waals surface area contributed by atoms with Crippen molar-refractivity contribution in [2.45, 2.75) is 57.0 Å². The first-order valence-electron chi connectivity index (χ1n) is 11.2. The van der Waals surface area contributed by atoms with E-state index in [9.17, 15) is 4.79 Å². The number of ether oxygens (including phenoxy) is 1. The largest absolute Gasteiger partial charge is 0.381 e. The predicted octanol–water partition coefficient (Wildman–Crippen LogP) is 2.78. The van der Waals surface area contributed by atoms with Gasteiger partial charge in [0.15, 0.2) is 5.65 Å². The van der Waals surface area contributed by atoms with Crippen LogP contribution in [-0.4, -0.2) is 64.5 Å². The van der Waals surface area contributed by atoms with Crippen LogP contribution in [0.3, 0.4) is 0 Å². The number of amides is 1. The zero-order valence-corrected chi connectivity index (χ0v) is 17.1. The molecule has 3 fully saturated rings. The first-order valence-corrected chi connectivity index (χ1v) is 11.2. The van der Waals surface area contributed by atoms with Gasteiger partial charge in [-0.25, -0.2) is 9.67 Å². The number of pyridine rings is 1. The summed E-state index contributed by atoms with van der Waals surface area (Å²) in [5, 5.41) is 8.73. The smallest absolute Gasteiger partial charge is 0.253 e. The molecule has 2 aliphatic heterocycles. The monoisotopic (exact) mass is 397 g/mol. The van der Waals surface area contributed by atoms with E-state index >= 15 is 0 Å². The fourth-order valence-electron chi connectivity index (χ4n) is 5.10. The third kappa shape index (κ3) is 4.16.